The average molecular weight is 333 g/mol. The second-order valence-corrected chi connectivity index (χ2v) is 5.79. The molecule has 23 heavy (non-hydrogen) atoms. The normalized spacial score (nSPS) is 18.8. The largest absolute Gasteiger partial charge is 0.492 e. The summed E-state index contributed by atoms with van der Waals surface area (Å²) in [4.78, 5) is 12.2. The molecular formula is C18H21ClN2O2. The fourth-order valence-electron chi connectivity index (χ4n) is 2.97. The summed E-state index contributed by atoms with van der Waals surface area (Å²) in [5, 5.41) is 3.11. The molecule has 1 unspecified atom stereocenters. The molecule has 0 aromatic heterocycles. The van der Waals surface area contributed by atoms with Gasteiger partial charge in [-0.3, -0.25) is 4.79 Å². The van der Waals surface area contributed by atoms with Crippen molar-refractivity contribution >= 4 is 18.3 Å². The second kappa shape index (κ2) is 7.02. The van der Waals surface area contributed by atoms with Crippen molar-refractivity contribution in [1.29, 1.82) is 0 Å². The van der Waals surface area contributed by atoms with E-state index in [1.54, 1.807) is 0 Å². The Kier molecular flexibility index (Phi) is 5.29. The Bertz CT molecular complexity index is 691. The third-order valence-corrected chi connectivity index (χ3v) is 4.01. The van der Waals surface area contributed by atoms with Crippen molar-refractivity contribution in [3.63, 3.8) is 0 Å². The molecule has 0 saturated heterocycles. The lowest BCUT2D eigenvalue weighted by atomic mass is 9.86. The molecule has 2 aromatic carbocycles. The van der Waals surface area contributed by atoms with Gasteiger partial charge in [0, 0.05) is 12.1 Å². The summed E-state index contributed by atoms with van der Waals surface area (Å²) in [6, 6.07) is 15.8. The maximum Gasteiger partial charge on any atom is 0.252 e. The minimum Gasteiger partial charge on any atom is -0.492 e. The Labute approximate surface area is 142 Å². The number of benzene rings is 2. The van der Waals surface area contributed by atoms with Crippen LogP contribution in [0.25, 0.3) is 0 Å². The maximum absolute atomic E-state index is 12.2. The predicted molar refractivity (Wildman–Crippen MR) is 93.2 cm³/mol. The van der Waals surface area contributed by atoms with E-state index in [1.165, 1.54) is 5.56 Å². The summed E-state index contributed by atoms with van der Waals surface area (Å²) >= 11 is 0. The molecule has 1 aliphatic rings. The van der Waals surface area contributed by atoms with Gasteiger partial charge in [-0.2, -0.15) is 0 Å². The Balaban J connectivity index is 0.00000192. The molecule has 0 radical (unpaired) electrons. The van der Waals surface area contributed by atoms with Crippen LogP contribution < -0.4 is 15.8 Å². The number of nitrogens with one attached hydrogen (secondary N) is 1. The number of amides is 1. The molecular weight excluding hydrogens is 312 g/mol. The molecule has 0 bridgehead atoms. The van der Waals surface area contributed by atoms with Gasteiger partial charge < -0.3 is 15.8 Å². The van der Waals surface area contributed by atoms with Crippen LogP contribution in [0.4, 0.5) is 0 Å². The number of halogens is 1. The van der Waals surface area contributed by atoms with Crippen LogP contribution in [0.3, 0.4) is 0 Å². The van der Waals surface area contributed by atoms with Crippen LogP contribution in [-0.4, -0.2) is 19.1 Å². The van der Waals surface area contributed by atoms with Gasteiger partial charge in [0.25, 0.3) is 5.91 Å². The molecule has 122 valence electrons. The molecule has 3 rings (SSSR count). The highest BCUT2D eigenvalue weighted by molar-refractivity contribution is 6.00. The van der Waals surface area contributed by atoms with Crippen molar-refractivity contribution < 1.29 is 9.53 Å². The number of ether oxygens (including phenoxy) is 1. The highest BCUT2D eigenvalue weighted by Crippen LogP contribution is 2.36. The van der Waals surface area contributed by atoms with Crippen molar-refractivity contribution in [3.8, 4) is 5.75 Å². The van der Waals surface area contributed by atoms with Gasteiger partial charge in [0.15, 0.2) is 0 Å². The van der Waals surface area contributed by atoms with Crippen LogP contribution in [0.2, 0.25) is 0 Å². The van der Waals surface area contributed by atoms with Crippen molar-refractivity contribution in [1.82, 2.24) is 5.32 Å². The molecule has 2 aromatic rings. The van der Waals surface area contributed by atoms with E-state index in [0.717, 1.165) is 23.3 Å². The van der Waals surface area contributed by atoms with Crippen LogP contribution in [0.1, 0.15) is 28.4 Å². The van der Waals surface area contributed by atoms with E-state index in [2.05, 4.69) is 24.4 Å². The second-order valence-electron chi connectivity index (χ2n) is 5.79. The Morgan fingerprint density at radius 2 is 1.91 bits per heavy atom. The quantitative estimate of drug-likeness (QED) is 0.884. The molecule has 1 heterocycles. The van der Waals surface area contributed by atoms with Gasteiger partial charge in [-0.25, -0.2) is 0 Å². The SMILES string of the molecule is CC1(Cc2ccccc2)NC(=O)c2ccc(OCCN)cc21.Cl. The van der Waals surface area contributed by atoms with Gasteiger partial charge in [-0.1, -0.05) is 30.3 Å². The van der Waals surface area contributed by atoms with Crippen LogP contribution in [0.15, 0.2) is 48.5 Å². The summed E-state index contributed by atoms with van der Waals surface area (Å²) in [6.07, 6.45) is 0.743. The van der Waals surface area contributed by atoms with Crippen LogP contribution in [0.5, 0.6) is 5.75 Å². The number of carbonyl (C=O) groups is 1. The number of hydrogen-bond acceptors (Lipinski definition) is 3. The minimum absolute atomic E-state index is 0. The van der Waals surface area contributed by atoms with E-state index >= 15 is 0 Å². The predicted octanol–water partition coefficient (Wildman–Crippen LogP) is 2.65. The highest BCUT2D eigenvalue weighted by atomic mass is 35.5. The summed E-state index contributed by atoms with van der Waals surface area (Å²) in [6.45, 7) is 2.99. The summed E-state index contributed by atoms with van der Waals surface area (Å²) in [5.74, 6) is 0.721. The zero-order valence-electron chi connectivity index (χ0n) is 13.0. The summed E-state index contributed by atoms with van der Waals surface area (Å²) in [5.41, 5.74) is 7.94. The monoisotopic (exact) mass is 332 g/mol. The number of nitrogens with two attached hydrogens (primary N) is 1. The molecule has 1 aliphatic heterocycles. The third-order valence-electron chi connectivity index (χ3n) is 4.01. The van der Waals surface area contributed by atoms with Crippen LogP contribution >= 0.6 is 12.4 Å². The van der Waals surface area contributed by atoms with Gasteiger partial charge in [0.2, 0.25) is 0 Å². The van der Waals surface area contributed by atoms with E-state index < -0.39 is 5.54 Å². The van der Waals surface area contributed by atoms with E-state index in [4.69, 9.17) is 10.5 Å². The first-order chi connectivity index (χ1) is 10.6. The van der Waals surface area contributed by atoms with Gasteiger partial charge >= 0.3 is 0 Å². The molecule has 4 nitrogen and oxygen atoms in total. The Morgan fingerprint density at radius 1 is 1.17 bits per heavy atom. The zero-order chi connectivity index (χ0) is 15.6. The zero-order valence-corrected chi connectivity index (χ0v) is 13.9. The molecule has 1 amide bonds. The average Bonchev–Trinajstić information content (AvgIpc) is 2.77. The smallest absolute Gasteiger partial charge is 0.252 e. The van der Waals surface area contributed by atoms with Gasteiger partial charge in [0.1, 0.15) is 12.4 Å². The summed E-state index contributed by atoms with van der Waals surface area (Å²) < 4.78 is 5.60. The van der Waals surface area contributed by atoms with Gasteiger partial charge in [-0.15, -0.1) is 12.4 Å². The number of hydrogen-bond donors (Lipinski definition) is 2. The highest BCUT2D eigenvalue weighted by Gasteiger charge is 2.39. The van der Waals surface area contributed by atoms with E-state index in [0.29, 0.717) is 13.2 Å². The first-order valence-corrected chi connectivity index (χ1v) is 7.46. The first-order valence-electron chi connectivity index (χ1n) is 7.46. The number of rotatable bonds is 5. The minimum atomic E-state index is -0.421. The van der Waals surface area contributed by atoms with E-state index in [1.807, 2.05) is 36.4 Å². The fraction of sp³-hybridized carbons (Fsp3) is 0.278. The molecule has 0 fully saturated rings. The number of carbonyl (C=O) groups excluding carboxylic acids is 1. The topological polar surface area (TPSA) is 64.3 Å². The molecule has 0 saturated carbocycles. The number of fused-ring (bicyclic) bond motifs is 1. The molecule has 3 N–H and O–H groups in total. The Morgan fingerprint density at radius 3 is 2.61 bits per heavy atom. The van der Waals surface area contributed by atoms with Crippen LogP contribution in [0, 0.1) is 0 Å². The lowest BCUT2D eigenvalue weighted by Crippen LogP contribution is -2.38. The molecule has 1 atom stereocenters. The van der Waals surface area contributed by atoms with Gasteiger partial charge in [0.05, 0.1) is 5.54 Å². The Hall–Kier alpha value is -2.04. The lowest BCUT2D eigenvalue weighted by molar-refractivity contribution is 0.0935. The van der Waals surface area contributed by atoms with Crippen molar-refractivity contribution in [2.45, 2.75) is 18.9 Å². The fourth-order valence-corrected chi connectivity index (χ4v) is 2.97. The van der Waals surface area contributed by atoms with E-state index in [-0.39, 0.29) is 18.3 Å². The lowest BCUT2D eigenvalue weighted by Gasteiger charge is -2.26. The maximum atomic E-state index is 12.2. The van der Waals surface area contributed by atoms with Crippen LogP contribution in [-0.2, 0) is 12.0 Å². The third kappa shape index (κ3) is 3.49. The standard InChI is InChI=1S/C18H20N2O2.ClH/c1-18(12-13-5-3-2-4-6-13)16-11-14(22-10-9-19)7-8-15(16)17(21)20-18;/h2-8,11H,9-10,12,19H2,1H3,(H,20,21);1H. The van der Waals surface area contributed by atoms with Crippen molar-refractivity contribution in [2.75, 3.05) is 13.2 Å². The summed E-state index contributed by atoms with van der Waals surface area (Å²) in [7, 11) is 0. The molecule has 0 aliphatic carbocycles. The first kappa shape index (κ1) is 17.3. The van der Waals surface area contributed by atoms with Crippen molar-refractivity contribution in [2.24, 2.45) is 5.73 Å². The molecule has 5 heteroatoms. The molecule has 0 spiro atoms. The van der Waals surface area contributed by atoms with Crippen molar-refractivity contribution in [3.05, 3.63) is 65.2 Å². The van der Waals surface area contributed by atoms with Gasteiger partial charge in [-0.05, 0) is 42.7 Å². The van der Waals surface area contributed by atoms with E-state index in [9.17, 15) is 4.79 Å².